The van der Waals surface area contributed by atoms with Crippen molar-refractivity contribution in [3.05, 3.63) is 29.8 Å². The van der Waals surface area contributed by atoms with Crippen LogP contribution in [0.4, 0.5) is 14.5 Å². The third-order valence-corrected chi connectivity index (χ3v) is 2.80. The Morgan fingerprint density at radius 2 is 1.86 bits per heavy atom. The van der Waals surface area contributed by atoms with Gasteiger partial charge in [-0.05, 0) is 31.5 Å². The van der Waals surface area contributed by atoms with Crippen LogP contribution in [0.2, 0.25) is 0 Å². The summed E-state index contributed by atoms with van der Waals surface area (Å²) in [6, 6.07) is 3.44. The molecule has 21 heavy (non-hydrogen) atoms. The maximum Gasteiger partial charge on any atom is 0.238 e. The minimum atomic E-state index is -0.785. The van der Waals surface area contributed by atoms with Gasteiger partial charge in [-0.3, -0.25) is 4.79 Å². The molecular formula is C15H22F2N2O2. The van der Waals surface area contributed by atoms with Gasteiger partial charge in [-0.2, -0.15) is 0 Å². The highest BCUT2D eigenvalue weighted by Gasteiger charge is 2.11. The molecule has 118 valence electrons. The molecular weight excluding hydrogens is 278 g/mol. The molecule has 0 saturated carbocycles. The summed E-state index contributed by atoms with van der Waals surface area (Å²) in [5.74, 6) is -2.05. The fraction of sp³-hybridized carbons (Fsp3) is 0.533. The number of hydrogen-bond donors (Lipinski definition) is 2. The summed E-state index contributed by atoms with van der Waals surface area (Å²) >= 11 is 0. The molecule has 0 atom stereocenters. The van der Waals surface area contributed by atoms with Crippen LogP contribution in [0.3, 0.4) is 0 Å². The highest BCUT2D eigenvalue weighted by molar-refractivity contribution is 5.92. The Balaban J connectivity index is 2.14. The predicted molar refractivity (Wildman–Crippen MR) is 78.2 cm³/mol. The minimum absolute atomic E-state index is 0.00271. The first kappa shape index (κ1) is 17.5. The summed E-state index contributed by atoms with van der Waals surface area (Å²) in [6.45, 7) is 4.10. The zero-order valence-electron chi connectivity index (χ0n) is 12.3. The SMILES string of the molecule is CCCCOCCCNCC(=O)Nc1c(F)cccc1F. The van der Waals surface area contributed by atoms with Gasteiger partial charge in [0.2, 0.25) is 5.91 Å². The van der Waals surface area contributed by atoms with E-state index in [4.69, 9.17) is 4.74 Å². The second-order valence-electron chi connectivity index (χ2n) is 4.64. The Bertz CT molecular complexity index is 421. The molecule has 1 aromatic rings. The van der Waals surface area contributed by atoms with Gasteiger partial charge in [0.05, 0.1) is 6.54 Å². The summed E-state index contributed by atoms with van der Waals surface area (Å²) < 4.78 is 32.0. The van der Waals surface area contributed by atoms with Crippen molar-refractivity contribution in [2.75, 3.05) is 31.6 Å². The number of carbonyl (C=O) groups is 1. The second-order valence-corrected chi connectivity index (χ2v) is 4.64. The van der Waals surface area contributed by atoms with Crippen molar-refractivity contribution in [3.63, 3.8) is 0 Å². The first-order valence-corrected chi connectivity index (χ1v) is 7.17. The van der Waals surface area contributed by atoms with Crippen molar-refractivity contribution in [3.8, 4) is 0 Å². The molecule has 0 aliphatic carbocycles. The van der Waals surface area contributed by atoms with Gasteiger partial charge < -0.3 is 15.4 Å². The number of nitrogens with one attached hydrogen (secondary N) is 2. The van der Waals surface area contributed by atoms with Gasteiger partial charge in [-0.15, -0.1) is 0 Å². The number of hydrogen-bond acceptors (Lipinski definition) is 3. The third kappa shape index (κ3) is 7.15. The lowest BCUT2D eigenvalue weighted by Crippen LogP contribution is -2.29. The largest absolute Gasteiger partial charge is 0.381 e. The molecule has 6 heteroatoms. The molecule has 0 fully saturated rings. The topological polar surface area (TPSA) is 50.4 Å². The van der Waals surface area contributed by atoms with E-state index in [-0.39, 0.29) is 6.54 Å². The number of unbranched alkanes of at least 4 members (excludes halogenated alkanes) is 1. The number of amides is 1. The predicted octanol–water partition coefficient (Wildman–Crippen LogP) is 2.70. The van der Waals surface area contributed by atoms with Crippen molar-refractivity contribution in [1.82, 2.24) is 5.32 Å². The second kappa shape index (κ2) is 10.2. The van der Waals surface area contributed by atoms with E-state index in [0.717, 1.165) is 38.0 Å². The van der Waals surface area contributed by atoms with Gasteiger partial charge in [0, 0.05) is 13.2 Å². The number of halogens is 2. The van der Waals surface area contributed by atoms with Crippen molar-refractivity contribution < 1.29 is 18.3 Å². The Morgan fingerprint density at radius 3 is 2.52 bits per heavy atom. The summed E-state index contributed by atoms with van der Waals surface area (Å²) in [7, 11) is 0. The number of para-hydroxylation sites is 1. The van der Waals surface area contributed by atoms with Gasteiger partial charge in [0.15, 0.2) is 0 Å². The first-order chi connectivity index (χ1) is 10.1. The van der Waals surface area contributed by atoms with Gasteiger partial charge in [0.25, 0.3) is 0 Å². The van der Waals surface area contributed by atoms with Crippen LogP contribution in [0.15, 0.2) is 18.2 Å². The average molecular weight is 300 g/mol. The maximum atomic E-state index is 13.3. The lowest BCUT2D eigenvalue weighted by atomic mass is 10.3. The van der Waals surface area contributed by atoms with Gasteiger partial charge >= 0.3 is 0 Å². The van der Waals surface area contributed by atoms with Crippen LogP contribution in [0.1, 0.15) is 26.2 Å². The van der Waals surface area contributed by atoms with E-state index in [1.54, 1.807) is 0 Å². The molecule has 1 aromatic carbocycles. The van der Waals surface area contributed by atoms with Gasteiger partial charge in [-0.1, -0.05) is 19.4 Å². The van der Waals surface area contributed by atoms with Crippen LogP contribution in [0.5, 0.6) is 0 Å². The molecule has 1 rings (SSSR count). The van der Waals surface area contributed by atoms with E-state index in [1.807, 2.05) is 0 Å². The molecule has 0 radical (unpaired) electrons. The van der Waals surface area contributed by atoms with Crippen molar-refractivity contribution in [1.29, 1.82) is 0 Å². The van der Waals surface area contributed by atoms with Crippen LogP contribution < -0.4 is 10.6 Å². The molecule has 0 bridgehead atoms. The Hall–Kier alpha value is -1.53. The summed E-state index contributed by atoms with van der Waals surface area (Å²) in [5, 5.41) is 5.11. The number of rotatable bonds is 10. The molecule has 0 heterocycles. The normalized spacial score (nSPS) is 10.6. The van der Waals surface area contributed by atoms with Crippen LogP contribution in [0.25, 0.3) is 0 Å². The average Bonchev–Trinajstić information content (AvgIpc) is 2.46. The molecule has 2 N–H and O–H groups in total. The van der Waals surface area contributed by atoms with Crippen molar-refractivity contribution in [2.45, 2.75) is 26.2 Å². The lowest BCUT2D eigenvalue weighted by molar-refractivity contribution is -0.115. The quantitative estimate of drug-likeness (QED) is 0.653. The summed E-state index contributed by atoms with van der Waals surface area (Å²) in [4.78, 5) is 11.6. The monoisotopic (exact) mass is 300 g/mol. The Morgan fingerprint density at radius 1 is 1.19 bits per heavy atom. The van der Waals surface area contributed by atoms with E-state index in [0.29, 0.717) is 13.2 Å². The summed E-state index contributed by atoms with van der Waals surface area (Å²) in [5.41, 5.74) is -0.410. The van der Waals surface area contributed by atoms with E-state index < -0.39 is 23.2 Å². The standard InChI is InChI=1S/C15H22F2N2O2/c1-2-3-9-21-10-5-8-18-11-14(20)19-15-12(16)6-4-7-13(15)17/h4,6-7,18H,2-3,5,8-11H2,1H3,(H,19,20). The van der Waals surface area contributed by atoms with Gasteiger partial charge in [0.1, 0.15) is 17.3 Å². The maximum absolute atomic E-state index is 13.3. The number of ether oxygens (including phenoxy) is 1. The molecule has 1 amide bonds. The molecule has 4 nitrogen and oxygen atoms in total. The molecule has 0 unspecified atom stereocenters. The van der Waals surface area contributed by atoms with E-state index in [2.05, 4.69) is 17.6 Å². The highest BCUT2D eigenvalue weighted by atomic mass is 19.1. The third-order valence-electron chi connectivity index (χ3n) is 2.80. The minimum Gasteiger partial charge on any atom is -0.381 e. The molecule has 0 aliphatic heterocycles. The zero-order chi connectivity index (χ0) is 15.5. The lowest BCUT2D eigenvalue weighted by Gasteiger charge is -2.08. The first-order valence-electron chi connectivity index (χ1n) is 7.17. The molecule has 0 spiro atoms. The summed E-state index contributed by atoms with van der Waals surface area (Å²) in [6.07, 6.45) is 2.93. The number of benzene rings is 1. The van der Waals surface area contributed by atoms with E-state index in [1.165, 1.54) is 6.07 Å². The number of carbonyl (C=O) groups excluding carboxylic acids is 1. The Kier molecular flexibility index (Phi) is 8.54. The van der Waals surface area contributed by atoms with Crippen molar-refractivity contribution >= 4 is 11.6 Å². The molecule has 0 aromatic heterocycles. The van der Waals surface area contributed by atoms with Crippen LogP contribution in [0, 0.1) is 11.6 Å². The highest BCUT2D eigenvalue weighted by Crippen LogP contribution is 2.17. The fourth-order valence-corrected chi connectivity index (χ4v) is 1.65. The van der Waals surface area contributed by atoms with E-state index in [9.17, 15) is 13.6 Å². The van der Waals surface area contributed by atoms with Crippen molar-refractivity contribution in [2.24, 2.45) is 0 Å². The van der Waals surface area contributed by atoms with E-state index >= 15 is 0 Å². The number of anilines is 1. The van der Waals surface area contributed by atoms with Crippen LogP contribution in [-0.2, 0) is 9.53 Å². The Labute approximate surface area is 123 Å². The van der Waals surface area contributed by atoms with Crippen LogP contribution in [-0.4, -0.2) is 32.2 Å². The van der Waals surface area contributed by atoms with Crippen LogP contribution >= 0.6 is 0 Å². The van der Waals surface area contributed by atoms with Gasteiger partial charge in [-0.25, -0.2) is 8.78 Å². The smallest absolute Gasteiger partial charge is 0.238 e. The zero-order valence-corrected chi connectivity index (χ0v) is 12.3. The fourth-order valence-electron chi connectivity index (χ4n) is 1.65. The molecule has 0 saturated heterocycles. The molecule has 0 aliphatic rings.